The van der Waals surface area contributed by atoms with Crippen molar-refractivity contribution in [1.82, 2.24) is 0 Å². The third-order valence-corrected chi connectivity index (χ3v) is 3.89. The molecule has 0 aliphatic rings. The Hall–Kier alpha value is -0.0200. The van der Waals surface area contributed by atoms with Crippen molar-refractivity contribution in [3.63, 3.8) is 0 Å². The average molecular weight is 277 g/mol. The van der Waals surface area contributed by atoms with Crippen LogP contribution >= 0.6 is 27.7 Å². The molecular weight excluding hydrogens is 263 g/mol. The van der Waals surface area contributed by atoms with E-state index < -0.39 is 0 Å². The molecule has 0 aromatic heterocycles. The smallest absolute Gasteiger partial charge is 0.124 e. The fourth-order valence-electron chi connectivity index (χ4n) is 1.05. The minimum absolute atomic E-state index is 0.167. The number of benzene rings is 1. The van der Waals surface area contributed by atoms with Gasteiger partial charge in [0.1, 0.15) is 5.82 Å². The van der Waals surface area contributed by atoms with Gasteiger partial charge in [0, 0.05) is 15.5 Å². The molecule has 0 aliphatic heterocycles. The predicted octanol–water partition coefficient (Wildman–Crippen LogP) is 4.62. The highest BCUT2D eigenvalue weighted by molar-refractivity contribution is 9.10. The molecule has 1 unspecified atom stereocenters. The van der Waals surface area contributed by atoms with Gasteiger partial charge in [-0.05, 0) is 30.2 Å². The highest BCUT2D eigenvalue weighted by Gasteiger charge is 2.02. The Bertz CT molecular complexity index is 281. The number of thioether (sulfide) groups is 1. The first-order chi connectivity index (χ1) is 6.61. The number of halogens is 2. The van der Waals surface area contributed by atoms with Gasteiger partial charge in [-0.15, -0.1) is 0 Å². The van der Waals surface area contributed by atoms with Gasteiger partial charge in [-0.1, -0.05) is 29.8 Å². The molecule has 78 valence electrons. The molecule has 0 saturated heterocycles. The van der Waals surface area contributed by atoms with E-state index in [-0.39, 0.29) is 5.82 Å². The average Bonchev–Trinajstić information content (AvgIpc) is 2.12. The van der Waals surface area contributed by atoms with E-state index in [1.165, 1.54) is 6.07 Å². The van der Waals surface area contributed by atoms with Crippen LogP contribution in [0.5, 0.6) is 0 Å². The largest absolute Gasteiger partial charge is 0.207 e. The molecule has 3 heteroatoms. The lowest BCUT2D eigenvalue weighted by molar-refractivity contribution is 0.625. The number of hydrogen-bond acceptors (Lipinski definition) is 1. The minimum atomic E-state index is -0.167. The summed E-state index contributed by atoms with van der Waals surface area (Å²) < 4.78 is 13.8. The molecule has 0 heterocycles. The maximum absolute atomic E-state index is 13.0. The molecule has 0 radical (unpaired) electrons. The van der Waals surface area contributed by atoms with Crippen molar-refractivity contribution in [2.45, 2.75) is 31.3 Å². The van der Waals surface area contributed by atoms with E-state index in [0.29, 0.717) is 5.25 Å². The highest BCUT2D eigenvalue weighted by Crippen LogP contribution is 2.22. The van der Waals surface area contributed by atoms with Gasteiger partial charge in [-0.3, -0.25) is 0 Å². The molecule has 0 fully saturated rings. The Labute approximate surface area is 97.4 Å². The van der Waals surface area contributed by atoms with E-state index in [4.69, 9.17) is 0 Å². The van der Waals surface area contributed by atoms with Gasteiger partial charge in [0.25, 0.3) is 0 Å². The molecule has 0 saturated carbocycles. The summed E-state index contributed by atoms with van der Waals surface area (Å²) in [6.07, 6.45) is 1.15. The molecule has 1 aromatic carbocycles. The van der Waals surface area contributed by atoms with Gasteiger partial charge in [0.2, 0.25) is 0 Å². The zero-order valence-corrected chi connectivity index (χ0v) is 10.8. The summed E-state index contributed by atoms with van der Waals surface area (Å²) in [5.41, 5.74) is 1.04. The quantitative estimate of drug-likeness (QED) is 0.773. The van der Waals surface area contributed by atoms with Crippen LogP contribution in [0.1, 0.15) is 25.8 Å². The summed E-state index contributed by atoms with van der Waals surface area (Å²) in [4.78, 5) is 0. The topological polar surface area (TPSA) is 0 Å². The van der Waals surface area contributed by atoms with Crippen LogP contribution in [0.2, 0.25) is 0 Å². The van der Waals surface area contributed by atoms with Gasteiger partial charge in [-0.25, -0.2) is 4.39 Å². The number of hydrogen-bond donors (Lipinski definition) is 0. The third-order valence-electron chi connectivity index (χ3n) is 2.03. The summed E-state index contributed by atoms with van der Waals surface area (Å²) in [7, 11) is 0. The van der Waals surface area contributed by atoms with Crippen molar-refractivity contribution >= 4 is 27.7 Å². The fourth-order valence-corrected chi connectivity index (χ4v) is 2.44. The van der Waals surface area contributed by atoms with Crippen LogP contribution < -0.4 is 0 Å². The minimum Gasteiger partial charge on any atom is -0.207 e. The van der Waals surface area contributed by atoms with Crippen molar-refractivity contribution in [2.75, 3.05) is 0 Å². The van der Waals surface area contributed by atoms with E-state index in [9.17, 15) is 4.39 Å². The van der Waals surface area contributed by atoms with Crippen molar-refractivity contribution in [3.8, 4) is 0 Å². The Morgan fingerprint density at radius 2 is 2.14 bits per heavy atom. The molecule has 1 aromatic rings. The van der Waals surface area contributed by atoms with Crippen molar-refractivity contribution in [3.05, 3.63) is 34.1 Å². The van der Waals surface area contributed by atoms with E-state index in [1.54, 1.807) is 6.07 Å². The normalized spacial score (nSPS) is 12.9. The molecule has 1 atom stereocenters. The lowest BCUT2D eigenvalue weighted by Gasteiger charge is -2.08. The fraction of sp³-hybridized carbons (Fsp3) is 0.455. The Morgan fingerprint density at radius 3 is 2.71 bits per heavy atom. The van der Waals surface area contributed by atoms with Crippen LogP contribution in [0.15, 0.2) is 22.7 Å². The SMILES string of the molecule is CCC(C)SCc1cc(F)cc(Br)c1. The lowest BCUT2D eigenvalue weighted by atomic mass is 10.2. The summed E-state index contributed by atoms with van der Waals surface area (Å²) in [6, 6.07) is 5.05. The maximum Gasteiger partial charge on any atom is 0.124 e. The first-order valence-corrected chi connectivity index (χ1v) is 6.52. The molecule has 0 amide bonds. The Morgan fingerprint density at radius 1 is 1.43 bits per heavy atom. The molecule has 14 heavy (non-hydrogen) atoms. The van der Waals surface area contributed by atoms with E-state index in [2.05, 4.69) is 29.8 Å². The molecule has 0 nitrogen and oxygen atoms in total. The highest BCUT2D eigenvalue weighted by atomic mass is 79.9. The first-order valence-electron chi connectivity index (χ1n) is 4.68. The first kappa shape index (κ1) is 12.1. The second-order valence-corrected chi connectivity index (χ2v) is 5.65. The zero-order chi connectivity index (χ0) is 10.6. The van der Waals surface area contributed by atoms with Crippen LogP contribution in [0.3, 0.4) is 0 Å². The van der Waals surface area contributed by atoms with E-state index in [0.717, 1.165) is 22.2 Å². The molecule has 1 rings (SSSR count). The van der Waals surface area contributed by atoms with Crippen molar-refractivity contribution in [1.29, 1.82) is 0 Å². The van der Waals surface area contributed by atoms with Crippen LogP contribution in [-0.4, -0.2) is 5.25 Å². The standard InChI is InChI=1S/C11H14BrFS/c1-3-8(2)14-7-9-4-10(12)6-11(13)5-9/h4-6,8H,3,7H2,1-2H3. The second-order valence-electron chi connectivity index (χ2n) is 3.31. The Balaban J connectivity index is 2.58. The van der Waals surface area contributed by atoms with Crippen molar-refractivity contribution < 1.29 is 4.39 Å². The summed E-state index contributed by atoms with van der Waals surface area (Å²) >= 11 is 5.15. The van der Waals surface area contributed by atoms with Crippen LogP contribution in [0.4, 0.5) is 4.39 Å². The van der Waals surface area contributed by atoms with E-state index in [1.807, 2.05) is 17.8 Å². The summed E-state index contributed by atoms with van der Waals surface area (Å²) in [5, 5.41) is 0.636. The molecular formula is C11H14BrFS. The molecule has 0 spiro atoms. The second kappa shape index (κ2) is 5.76. The maximum atomic E-state index is 13.0. The molecule has 0 aliphatic carbocycles. The van der Waals surface area contributed by atoms with Gasteiger partial charge >= 0.3 is 0 Å². The molecule has 0 bridgehead atoms. The van der Waals surface area contributed by atoms with E-state index >= 15 is 0 Å². The predicted molar refractivity (Wildman–Crippen MR) is 65.1 cm³/mol. The van der Waals surface area contributed by atoms with Crippen LogP contribution in [0, 0.1) is 5.82 Å². The van der Waals surface area contributed by atoms with Gasteiger partial charge in [0.05, 0.1) is 0 Å². The monoisotopic (exact) mass is 276 g/mol. The van der Waals surface area contributed by atoms with Gasteiger partial charge in [-0.2, -0.15) is 11.8 Å². The van der Waals surface area contributed by atoms with Gasteiger partial charge < -0.3 is 0 Å². The van der Waals surface area contributed by atoms with Gasteiger partial charge in [0.15, 0.2) is 0 Å². The third kappa shape index (κ3) is 4.01. The summed E-state index contributed by atoms with van der Waals surface area (Å²) in [5.74, 6) is 0.713. The zero-order valence-electron chi connectivity index (χ0n) is 8.39. The molecule has 0 N–H and O–H groups in total. The van der Waals surface area contributed by atoms with Crippen molar-refractivity contribution in [2.24, 2.45) is 0 Å². The Kier molecular flexibility index (Phi) is 4.96. The summed E-state index contributed by atoms with van der Waals surface area (Å²) in [6.45, 7) is 4.36. The van der Waals surface area contributed by atoms with Crippen LogP contribution in [-0.2, 0) is 5.75 Å². The number of rotatable bonds is 4. The lowest BCUT2D eigenvalue weighted by Crippen LogP contribution is -1.94. The van der Waals surface area contributed by atoms with Crippen LogP contribution in [0.25, 0.3) is 0 Å².